The Morgan fingerprint density at radius 3 is 1.91 bits per heavy atom. The molecule has 4 aromatic heterocycles. The lowest BCUT2D eigenvalue weighted by atomic mass is 10.1. The number of aromatic nitrogens is 6. The lowest BCUT2D eigenvalue weighted by Gasteiger charge is -2.03. The van der Waals surface area contributed by atoms with Gasteiger partial charge in [0.2, 0.25) is 0 Å². The van der Waals surface area contributed by atoms with E-state index in [1.165, 1.54) is 9.36 Å². The van der Waals surface area contributed by atoms with Gasteiger partial charge in [0.1, 0.15) is 5.75 Å². The Bertz CT molecular complexity index is 2510. The zero-order chi connectivity index (χ0) is 31.9. The molecule has 0 atom stereocenters. The van der Waals surface area contributed by atoms with E-state index in [0.29, 0.717) is 15.8 Å². The van der Waals surface area contributed by atoms with Gasteiger partial charge >= 0.3 is 0 Å². The van der Waals surface area contributed by atoms with Crippen LogP contribution in [0.3, 0.4) is 0 Å². The lowest BCUT2D eigenvalue weighted by molar-refractivity contribution is 0.282. The molecule has 11 heteroatoms. The zero-order valence-corrected chi connectivity index (χ0v) is 25.5. The Labute approximate surface area is 266 Å². The van der Waals surface area contributed by atoms with E-state index in [-0.39, 0.29) is 17.7 Å². The fourth-order valence-electron chi connectivity index (χ4n) is 5.42. The molecule has 0 saturated carbocycles. The monoisotopic (exact) mass is 630 g/mol. The summed E-state index contributed by atoms with van der Waals surface area (Å²) in [5.74, 6) is 0.728. The minimum absolute atomic E-state index is 0.0426. The van der Waals surface area contributed by atoms with Crippen LogP contribution in [0.2, 0.25) is 5.02 Å². The number of benzene rings is 4. The summed E-state index contributed by atoms with van der Waals surface area (Å²) in [6.45, 7) is 1.97. The summed E-state index contributed by atoms with van der Waals surface area (Å²) < 4.78 is 8.17. The molecule has 8 aromatic rings. The maximum Gasteiger partial charge on any atom is 0.280 e. The zero-order valence-electron chi connectivity index (χ0n) is 24.8. The molecule has 4 aromatic carbocycles. The molecule has 0 radical (unpaired) electrons. The van der Waals surface area contributed by atoms with Gasteiger partial charge in [0.25, 0.3) is 11.1 Å². The van der Waals surface area contributed by atoms with Crippen LogP contribution in [-0.4, -0.2) is 41.7 Å². The normalized spacial score (nSPS) is 11.3. The molecule has 4 heterocycles. The van der Waals surface area contributed by atoms with Crippen molar-refractivity contribution in [2.45, 2.75) is 13.5 Å². The summed E-state index contributed by atoms with van der Waals surface area (Å²) in [7, 11) is 1.60. The van der Waals surface area contributed by atoms with Gasteiger partial charge < -0.3 is 9.84 Å². The number of H-pyrrole nitrogens is 2. The highest BCUT2D eigenvalue weighted by Gasteiger charge is 2.14. The van der Waals surface area contributed by atoms with Crippen molar-refractivity contribution >= 4 is 55.2 Å². The smallest absolute Gasteiger partial charge is 0.280 e. The second-order valence-corrected chi connectivity index (χ2v) is 11.2. The summed E-state index contributed by atoms with van der Waals surface area (Å²) in [4.78, 5) is 34.0. The van der Waals surface area contributed by atoms with E-state index < -0.39 is 0 Å². The van der Waals surface area contributed by atoms with E-state index in [2.05, 4.69) is 20.2 Å². The maximum atomic E-state index is 12.7. The van der Waals surface area contributed by atoms with Gasteiger partial charge in [-0.25, -0.2) is 9.36 Å². The van der Waals surface area contributed by atoms with Crippen molar-refractivity contribution in [2.75, 3.05) is 7.11 Å². The number of aliphatic hydroxyl groups excluding tert-OH is 1. The third-order valence-corrected chi connectivity index (χ3v) is 8.12. The third-order valence-electron chi connectivity index (χ3n) is 7.88. The Morgan fingerprint density at radius 1 is 0.717 bits per heavy atom. The molecule has 0 fully saturated rings. The van der Waals surface area contributed by atoms with Crippen molar-refractivity contribution in [3.63, 3.8) is 0 Å². The van der Waals surface area contributed by atoms with Crippen LogP contribution in [0.15, 0.2) is 107 Å². The number of fused-ring (bicyclic) bond motifs is 6. The lowest BCUT2D eigenvalue weighted by Crippen LogP contribution is -2.14. The number of nitrogens with zero attached hydrogens (tertiary/aromatic N) is 4. The molecule has 8 rings (SSSR count). The van der Waals surface area contributed by atoms with E-state index in [4.69, 9.17) is 16.3 Å². The number of aryl methyl sites for hydroxylation is 1. The van der Waals surface area contributed by atoms with Crippen LogP contribution in [0.5, 0.6) is 5.75 Å². The first-order chi connectivity index (χ1) is 22.3. The molecule has 0 bridgehead atoms. The molecule has 0 aliphatic carbocycles. The van der Waals surface area contributed by atoms with Crippen molar-refractivity contribution in [3.8, 4) is 17.1 Å². The highest BCUT2D eigenvalue weighted by atomic mass is 35.5. The molecule has 0 unspecified atom stereocenters. The van der Waals surface area contributed by atoms with E-state index in [1.807, 2.05) is 73.7 Å². The number of methoxy groups -OCH3 is 1. The maximum absolute atomic E-state index is 12.7. The minimum Gasteiger partial charge on any atom is -0.497 e. The van der Waals surface area contributed by atoms with E-state index in [0.717, 1.165) is 61.1 Å². The van der Waals surface area contributed by atoms with Gasteiger partial charge in [-0.3, -0.25) is 29.8 Å². The van der Waals surface area contributed by atoms with E-state index in [1.54, 1.807) is 37.7 Å². The Hall–Kier alpha value is -5.71. The molecule has 0 aliphatic heterocycles. The average Bonchev–Trinajstić information content (AvgIpc) is 3.61. The van der Waals surface area contributed by atoms with E-state index >= 15 is 0 Å². The first-order valence-corrected chi connectivity index (χ1v) is 14.8. The van der Waals surface area contributed by atoms with Crippen molar-refractivity contribution in [2.24, 2.45) is 0 Å². The van der Waals surface area contributed by atoms with Gasteiger partial charge in [-0.05, 0) is 73.2 Å². The fraction of sp³-hybridized carbons (Fsp3) is 0.0857. The quantitative estimate of drug-likeness (QED) is 0.212. The summed E-state index contributed by atoms with van der Waals surface area (Å²) in [5, 5.41) is 19.0. The largest absolute Gasteiger partial charge is 0.497 e. The fourth-order valence-corrected chi connectivity index (χ4v) is 5.59. The molecule has 46 heavy (non-hydrogen) atoms. The number of nitrogens with one attached hydrogen (secondary N) is 2. The third kappa shape index (κ3) is 5.09. The SMILES string of the molecule is COc1ccc(-n2[nH]c3c(cnc4cc(CO)ccc43)c2=O)cc1.Cc1ccc(-n2[nH]c3c(cnc4ccc(Cl)cc43)c2=O)cc1. The van der Waals surface area contributed by atoms with Crippen molar-refractivity contribution < 1.29 is 9.84 Å². The predicted octanol–water partition coefficient (Wildman–Crippen LogP) is 6.20. The first-order valence-electron chi connectivity index (χ1n) is 14.4. The van der Waals surface area contributed by atoms with Crippen LogP contribution in [0.1, 0.15) is 11.1 Å². The summed E-state index contributed by atoms with van der Waals surface area (Å²) in [6, 6.07) is 26.0. The minimum atomic E-state index is -0.157. The number of pyridine rings is 2. The summed E-state index contributed by atoms with van der Waals surface area (Å²) >= 11 is 6.07. The molecule has 228 valence electrons. The molecule has 0 aliphatic rings. The van der Waals surface area contributed by atoms with Crippen molar-refractivity contribution in [1.82, 2.24) is 29.5 Å². The van der Waals surface area contributed by atoms with Gasteiger partial charge in [0.15, 0.2) is 0 Å². The number of hydrogen-bond donors (Lipinski definition) is 3. The second-order valence-electron chi connectivity index (χ2n) is 10.8. The highest BCUT2D eigenvalue weighted by molar-refractivity contribution is 6.31. The number of ether oxygens (including phenoxy) is 1. The number of hydrogen-bond acceptors (Lipinski definition) is 6. The molecule has 10 nitrogen and oxygen atoms in total. The summed E-state index contributed by atoms with van der Waals surface area (Å²) in [5.41, 5.74) is 6.18. The molecule has 0 spiro atoms. The number of rotatable bonds is 4. The van der Waals surface area contributed by atoms with Gasteiger partial charge in [-0.1, -0.05) is 41.4 Å². The van der Waals surface area contributed by atoms with Gasteiger partial charge in [0, 0.05) is 28.2 Å². The Morgan fingerprint density at radius 2 is 1.30 bits per heavy atom. The Kier molecular flexibility index (Phi) is 7.36. The molecule has 0 saturated heterocycles. The number of aliphatic hydroxyl groups is 1. The second kappa shape index (κ2) is 11.7. The van der Waals surface area contributed by atoms with Gasteiger partial charge in [0.05, 0.1) is 57.9 Å². The highest BCUT2D eigenvalue weighted by Crippen LogP contribution is 2.25. The average molecular weight is 631 g/mol. The van der Waals surface area contributed by atoms with Crippen LogP contribution in [-0.2, 0) is 6.61 Å². The predicted molar refractivity (Wildman–Crippen MR) is 181 cm³/mol. The van der Waals surface area contributed by atoms with Crippen molar-refractivity contribution in [3.05, 3.63) is 134 Å². The number of halogens is 1. The van der Waals surface area contributed by atoms with Crippen LogP contribution in [0.4, 0.5) is 0 Å². The molecule has 0 amide bonds. The molecule has 3 N–H and O–H groups in total. The van der Waals surface area contributed by atoms with Gasteiger partial charge in [-0.15, -0.1) is 0 Å². The standard InChI is InChI=1S/C18H15N3O3.C17H12ClN3O/c1-24-13-5-3-12(4-6-13)21-18(23)15-9-19-16-8-11(10-22)2-7-14(16)17(15)20-21;1-10-2-5-12(6-3-10)21-17(22)14-9-19-15-7-4-11(18)8-13(15)16(14)20-21/h2-9,20,22H,10H2,1H3;2-9,20H,1H3. The molecular formula is C35H27ClN6O4. The number of aromatic amines is 2. The first kappa shape index (κ1) is 29.0. The van der Waals surface area contributed by atoms with Crippen LogP contribution >= 0.6 is 11.6 Å². The van der Waals surface area contributed by atoms with Crippen LogP contribution in [0.25, 0.3) is 55.0 Å². The Balaban J connectivity index is 0.000000147. The molecular weight excluding hydrogens is 604 g/mol. The van der Waals surface area contributed by atoms with E-state index in [9.17, 15) is 14.7 Å². The van der Waals surface area contributed by atoms with Crippen LogP contribution < -0.4 is 15.9 Å². The van der Waals surface area contributed by atoms with Crippen molar-refractivity contribution in [1.29, 1.82) is 0 Å². The topological polar surface area (TPSA) is 131 Å². The van der Waals surface area contributed by atoms with Crippen LogP contribution in [0, 0.1) is 6.92 Å². The van der Waals surface area contributed by atoms with Gasteiger partial charge in [-0.2, -0.15) is 0 Å². The summed E-state index contributed by atoms with van der Waals surface area (Å²) in [6.07, 6.45) is 3.17.